The van der Waals surface area contributed by atoms with Crippen LogP contribution in [0.25, 0.3) is 0 Å². The van der Waals surface area contributed by atoms with E-state index in [1.54, 1.807) is 18.2 Å². The van der Waals surface area contributed by atoms with Crippen LogP contribution in [0.1, 0.15) is 16.8 Å². The van der Waals surface area contributed by atoms with Crippen LogP contribution in [0.3, 0.4) is 0 Å². The molecule has 1 aromatic carbocycles. The fraction of sp³-hybridized carbons (Fsp3) is 0.364. The van der Waals surface area contributed by atoms with Crippen LogP contribution >= 0.6 is 23.2 Å². The average molecular weight is 245 g/mol. The molecule has 4 heteroatoms. The lowest BCUT2D eigenvalue weighted by molar-refractivity contribution is 0.0900. The SMILES string of the molecule is O=C(c1cc(Cl)ccc1Cl)C1CCOC1. The summed E-state index contributed by atoms with van der Waals surface area (Å²) >= 11 is 11.8. The molecule has 0 spiro atoms. The molecule has 1 aliphatic heterocycles. The predicted octanol–water partition coefficient (Wildman–Crippen LogP) is 3.21. The molecule has 0 bridgehead atoms. The summed E-state index contributed by atoms with van der Waals surface area (Å²) in [6.45, 7) is 1.14. The molecule has 0 aliphatic carbocycles. The fourth-order valence-corrected chi connectivity index (χ4v) is 2.03. The Balaban J connectivity index is 2.27. The Bertz CT molecular complexity index is 384. The summed E-state index contributed by atoms with van der Waals surface area (Å²) in [4.78, 5) is 12.0. The first kappa shape index (κ1) is 10.9. The summed E-state index contributed by atoms with van der Waals surface area (Å²) in [5.41, 5.74) is 0.500. The monoisotopic (exact) mass is 244 g/mol. The lowest BCUT2D eigenvalue weighted by Gasteiger charge is -2.08. The van der Waals surface area contributed by atoms with Crippen LogP contribution in [-0.2, 0) is 4.74 Å². The normalized spacial score (nSPS) is 20.5. The summed E-state index contributed by atoms with van der Waals surface area (Å²) in [6.07, 6.45) is 0.766. The van der Waals surface area contributed by atoms with Crippen LogP contribution in [-0.4, -0.2) is 19.0 Å². The average Bonchev–Trinajstić information content (AvgIpc) is 2.74. The molecule has 0 radical (unpaired) electrons. The minimum Gasteiger partial charge on any atom is -0.381 e. The third-order valence-corrected chi connectivity index (χ3v) is 3.06. The Hall–Kier alpha value is -0.570. The van der Waals surface area contributed by atoms with Gasteiger partial charge >= 0.3 is 0 Å². The van der Waals surface area contributed by atoms with Gasteiger partial charge in [0.1, 0.15) is 0 Å². The van der Waals surface area contributed by atoms with E-state index in [0.717, 1.165) is 6.42 Å². The van der Waals surface area contributed by atoms with Crippen molar-refractivity contribution in [2.45, 2.75) is 6.42 Å². The summed E-state index contributed by atoms with van der Waals surface area (Å²) in [5, 5.41) is 0.984. The number of ketones is 1. The molecule has 1 atom stereocenters. The maximum absolute atomic E-state index is 12.0. The second-order valence-electron chi connectivity index (χ2n) is 3.55. The van der Waals surface area contributed by atoms with Gasteiger partial charge in [0.05, 0.1) is 11.6 Å². The highest BCUT2D eigenvalue weighted by Gasteiger charge is 2.26. The van der Waals surface area contributed by atoms with Crippen molar-refractivity contribution in [3.63, 3.8) is 0 Å². The van der Waals surface area contributed by atoms with Crippen LogP contribution in [0.5, 0.6) is 0 Å². The van der Waals surface area contributed by atoms with E-state index >= 15 is 0 Å². The van der Waals surface area contributed by atoms with Gasteiger partial charge in [-0.2, -0.15) is 0 Å². The molecule has 0 saturated carbocycles. The van der Waals surface area contributed by atoms with Gasteiger partial charge in [0, 0.05) is 23.1 Å². The van der Waals surface area contributed by atoms with Crippen LogP contribution < -0.4 is 0 Å². The van der Waals surface area contributed by atoms with Gasteiger partial charge in [-0.1, -0.05) is 23.2 Å². The molecule has 2 nitrogen and oxygen atoms in total. The Morgan fingerprint density at radius 3 is 2.87 bits per heavy atom. The van der Waals surface area contributed by atoms with Gasteiger partial charge in [0.15, 0.2) is 5.78 Å². The van der Waals surface area contributed by atoms with Crippen molar-refractivity contribution in [2.24, 2.45) is 5.92 Å². The van der Waals surface area contributed by atoms with Gasteiger partial charge in [-0.15, -0.1) is 0 Å². The first-order valence-corrected chi connectivity index (χ1v) is 5.51. The third-order valence-electron chi connectivity index (χ3n) is 2.49. The second-order valence-corrected chi connectivity index (χ2v) is 4.39. The van der Waals surface area contributed by atoms with Crippen LogP contribution in [0.4, 0.5) is 0 Å². The zero-order valence-corrected chi connectivity index (χ0v) is 9.52. The molecule has 0 aromatic heterocycles. The van der Waals surface area contributed by atoms with Gasteiger partial charge < -0.3 is 4.74 Å². The summed E-state index contributed by atoms with van der Waals surface area (Å²) < 4.78 is 5.17. The number of carbonyl (C=O) groups excluding carboxylic acids is 1. The van der Waals surface area contributed by atoms with Crippen molar-refractivity contribution >= 4 is 29.0 Å². The number of benzene rings is 1. The summed E-state index contributed by atoms with van der Waals surface area (Å²) in [5.74, 6) is -0.0408. The zero-order chi connectivity index (χ0) is 10.8. The molecule has 15 heavy (non-hydrogen) atoms. The molecule has 1 saturated heterocycles. The number of Topliss-reactive ketones (excluding diaryl/α,β-unsaturated/α-hetero) is 1. The highest BCUT2D eigenvalue weighted by Crippen LogP contribution is 2.26. The van der Waals surface area contributed by atoms with Gasteiger partial charge in [0.25, 0.3) is 0 Å². The van der Waals surface area contributed by atoms with Gasteiger partial charge in [-0.25, -0.2) is 0 Å². The Kier molecular flexibility index (Phi) is 3.29. The number of hydrogen-bond acceptors (Lipinski definition) is 2. The number of halogens is 2. The minimum atomic E-state index is -0.0685. The van der Waals surface area contributed by atoms with E-state index < -0.39 is 0 Å². The topological polar surface area (TPSA) is 26.3 Å². The van der Waals surface area contributed by atoms with E-state index in [1.165, 1.54) is 0 Å². The van der Waals surface area contributed by atoms with Crippen molar-refractivity contribution < 1.29 is 9.53 Å². The van der Waals surface area contributed by atoms with Crippen LogP contribution in [0.2, 0.25) is 10.0 Å². The highest BCUT2D eigenvalue weighted by molar-refractivity contribution is 6.36. The standard InChI is InChI=1S/C11H10Cl2O2/c12-8-1-2-10(13)9(5-8)11(14)7-3-4-15-6-7/h1-2,5,7H,3-4,6H2. The van der Waals surface area contributed by atoms with Crippen molar-refractivity contribution in [3.05, 3.63) is 33.8 Å². The maximum Gasteiger partial charge on any atom is 0.169 e. The van der Waals surface area contributed by atoms with Crippen molar-refractivity contribution in [2.75, 3.05) is 13.2 Å². The molecular weight excluding hydrogens is 235 g/mol. The molecule has 1 fully saturated rings. The third kappa shape index (κ3) is 2.33. The van der Waals surface area contributed by atoms with Crippen molar-refractivity contribution in [1.82, 2.24) is 0 Å². The first-order chi connectivity index (χ1) is 7.18. The van der Waals surface area contributed by atoms with E-state index in [9.17, 15) is 4.79 Å². The van der Waals surface area contributed by atoms with E-state index in [1.807, 2.05) is 0 Å². The predicted molar refractivity (Wildman–Crippen MR) is 59.7 cm³/mol. The van der Waals surface area contributed by atoms with Gasteiger partial charge in [-0.3, -0.25) is 4.79 Å². The molecular formula is C11H10Cl2O2. The number of hydrogen-bond donors (Lipinski definition) is 0. The minimum absolute atomic E-state index is 0.0278. The van der Waals surface area contributed by atoms with E-state index in [-0.39, 0.29) is 11.7 Å². The van der Waals surface area contributed by atoms with Gasteiger partial charge in [-0.05, 0) is 24.6 Å². The number of carbonyl (C=O) groups is 1. The molecule has 1 unspecified atom stereocenters. The summed E-state index contributed by atoms with van der Waals surface area (Å²) in [6, 6.07) is 4.93. The largest absolute Gasteiger partial charge is 0.381 e. The Morgan fingerprint density at radius 2 is 2.20 bits per heavy atom. The Morgan fingerprint density at radius 1 is 1.40 bits per heavy atom. The maximum atomic E-state index is 12.0. The number of ether oxygens (including phenoxy) is 1. The van der Waals surface area contributed by atoms with E-state index in [0.29, 0.717) is 28.8 Å². The van der Waals surface area contributed by atoms with Crippen LogP contribution in [0, 0.1) is 5.92 Å². The van der Waals surface area contributed by atoms with Crippen molar-refractivity contribution in [3.8, 4) is 0 Å². The molecule has 80 valence electrons. The second kappa shape index (κ2) is 4.52. The zero-order valence-electron chi connectivity index (χ0n) is 8.00. The quantitative estimate of drug-likeness (QED) is 0.748. The highest BCUT2D eigenvalue weighted by atomic mass is 35.5. The first-order valence-electron chi connectivity index (χ1n) is 4.75. The van der Waals surface area contributed by atoms with Gasteiger partial charge in [0.2, 0.25) is 0 Å². The van der Waals surface area contributed by atoms with E-state index in [2.05, 4.69) is 0 Å². The molecule has 2 rings (SSSR count). The summed E-state index contributed by atoms with van der Waals surface area (Å²) in [7, 11) is 0. The fourth-order valence-electron chi connectivity index (χ4n) is 1.65. The molecule has 1 aromatic rings. The molecule has 1 heterocycles. The molecule has 0 N–H and O–H groups in total. The lowest BCUT2D eigenvalue weighted by atomic mass is 9.97. The number of rotatable bonds is 2. The van der Waals surface area contributed by atoms with Crippen molar-refractivity contribution in [1.29, 1.82) is 0 Å². The smallest absolute Gasteiger partial charge is 0.169 e. The van der Waals surface area contributed by atoms with Crippen LogP contribution in [0.15, 0.2) is 18.2 Å². The lowest BCUT2D eigenvalue weighted by Crippen LogP contribution is -2.15. The molecule has 1 aliphatic rings. The molecule has 0 amide bonds. The Labute approximate surface area is 98.1 Å². The van der Waals surface area contributed by atoms with E-state index in [4.69, 9.17) is 27.9 Å².